The van der Waals surface area contributed by atoms with Gasteiger partial charge in [-0.05, 0) is 104 Å². The Kier molecular flexibility index (Phi) is 7.92. The van der Waals surface area contributed by atoms with E-state index in [9.17, 15) is 19.1 Å². The highest BCUT2D eigenvalue weighted by atomic mass is 19.1. The van der Waals surface area contributed by atoms with Crippen molar-refractivity contribution in [3.05, 3.63) is 106 Å². The summed E-state index contributed by atoms with van der Waals surface area (Å²) in [6, 6.07) is 15.2. The van der Waals surface area contributed by atoms with Gasteiger partial charge in [-0.25, -0.2) is 4.39 Å². The lowest BCUT2D eigenvalue weighted by molar-refractivity contribution is -0.130. The molecular formula is C35H38FN3O4. The zero-order chi connectivity index (χ0) is 31.2. The van der Waals surface area contributed by atoms with Crippen LogP contribution in [0.2, 0.25) is 0 Å². The number of likely N-dealkylation sites (N-methyl/N-ethyl adjacent to an activating group) is 1. The average molecular weight is 584 g/mol. The molecule has 7 nitrogen and oxygen atoms in total. The molecule has 224 valence electrons. The van der Waals surface area contributed by atoms with E-state index in [4.69, 9.17) is 4.74 Å². The zero-order valence-electron chi connectivity index (χ0n) is 25.6. The van der Waals surface area contributed by atoms with Crippen LogP contribution >= 0.6 is 0 Å². The molecule has 3 aromatic rings. The third-order valence-electron chi connectivity index (χ3n) is 8.04. The predicted octanol–water partition coefficient (Wildman–Crippen LogP) is 6.51. The molecule has 2 unspecified atom stereocenters. The second-order valence-electron chi connectivity index (χ2n) is 12.2. The van der Waals surface area contributed by atoms with Gasteiger partial charge in [0.2, 0.25) is 5.91 Å². The SMILES string of the molecule is Cc1cc(F)cc(C)c1Oc1ccc(C(C)(C)O)cc1C1=CN(C)C(=O)C2NC(C(=O)Nc3ccc(C(C)C)cc3)=CC12. The first-order valence-corrected chi connectivity index (χ1v) is 14.4. The molecule has 8 heteroatoms. The molecule has 2 amide bonds. The van der Waals surface area contributed by atoms with Crippen LogP contribution in [0.1, 0.15) is 61.4 Å². The van der Waals surface area contributed by atoms with Gasteiger partial charge in [0.05, 0.1) is 11.3 Å². The molecule has 3 aromatic carbocycles. The van der Waals surface area contributed by atoms with Crippen molar-refractivity contribution in [2.45, 2.75) is 59.1 Å². The van der Waals surface area contributed by atoms with Crippen molar-refractivity contribution < 1.29 is 23.8 Å². The van der Waals surface area contributed by atoms with E-state index in [1.165, 1.54) is 22.6 Å². The number of hydrogen-bond acceptors (Lipinski definition) is 5. The van der Waals surface area contributed by atoms with Crippen molar-refractivity contribution in [2.75, 3.05) is 12.4 Å². The number of halogens is 1. The van der Waals surface area contributed by atoms with Gasteiger partial charge in [0.1, 0.15) is 23.4 Å². The predicted molar refractivity (Wildman–Crippen MR) is 166 cm³/mol. The summed E-state index contributed by atoms with van der Waals surface area (Å²) >= 11 is 0. The molecule has 0 radical (unpaired) electrons. The summed E-state index contributed by atoms with van der Waals surface area (Å²) in [6.45, 7) is 11.2. The summed E-state index contributed by atoms with van der Waals surface area (Å²) in [5.74, 6) is 0.0280. The summed E-state index contributed by atoms with van der Waals surface area (Å²) in [5, 5.41) is 16.9. The highest BCUT2D eigenvalue weighted by Gasteiger charge is 2.42. The molecule has 3 N–H and O–H groups in total. The summed E-state index contributed by atoms with van der Waals surface area (Å²) in [5.41, 5.74) is 4.30. The molecule has 0 aliphatic carbocycles. The second kappa shape index (κ2) is 11.3. The van der Waals surface area contributed by atoms with Crippen LogP contribution in [0.5, 0.6) is 11.5 Å². The van der Waals surface area contributed by atoms with E-state index in [1.807, 2.05) is 30.3 Å². The summed E-state index contributed by atoms with van der Waals surface area (Å²) < 4.78 is 20.5. The Bertz CT molecular complexity index is 1630. The van der Waals surface area contributed by atoms with Crippen LogP contribution in [-0.4, -0.2) is 34.9 Å². The van der Waals surface area contributed by atoms with E-state index in [0.29, 0.717) is 51.1 Å². The number of carbonyl (C=O) groups excluding carboxylic acids is 2. The van der Waals surface area contributed by atoms with Crippen LogP contribution in [0.3, 0.4) is 0 Å². The molecule has 0 aromatic heterocycles. The lowest BCUT2D eigenvalue weighted by atomic mass is 9.83. The molecule has 0 saturated heterocycles. The number of amides is 2. The topological polar surface area (TPSA) is 90.9 Å². The molecular weight excluding hydrogens is 545 g/mol. The maximum atomic E-state index is 14.0. The quantitative estimate of drug-likeness (QED) is 0.295. The summed E-state index contributed by atoms with van der Waals surface area (Å²) in [6.07, 6.45) is 3.52. The normalized spacial score (nSPS) is 18.2. The van der Waals surface area contributed by atoms with Crippen molar-refractivity contribution in [3.63, 3.8) is 0 Å². The first-order chi connectivity index (χ1) is 20.2. The van der Waals surface area contributed by atoms with Crippen molar-refractivity contribution in [1.82, 2.24) is 10.2 Å². The average Bonchev–Trinajstić information content (AvgIpc) is 3.39. The number of nitrogens with zero attached hydrogens (tertiary/aromatic N) is 1. The molecule has 0 bridgehead atoms. The Morgan fingerprint density at radius 2 is 1.72 bits per heavy atom. The van der Waals surface area contributed by atoms with Crippen LogP contribution in [0.25, 0.3) is 5.57 Å². The zero-order valence-corrected chi connectivity index (χ0v) is 25.6. The number of carbonyl (C=O) groups is 2. The Morgan fingerprint density at radius 1 is 1.07 bits per heavy atom. The number of nitrogens with one attached hydrogen (secondary N) is 2. The Hall–Kier alpha value is -4.43. The minimum Gasteiger partial charge on any atom is -0.456 e. The maximum Gasteiger partial charge on any atom is 0.271 e. The van der Waals surface area contributed by atoms with Gasteiger partial charge in [-0.15, -0.1) is 0 Å². The van der Waals surface area contributed by atoms with Crippen LogP contribution in [-0.2, 0) is 15.2 Å². The second-order valence-corrected chi connectivity index (χ2v) is 12.2. The standard InChI is InChI=1S/C35H38FN3O4/c1-19(2)22-8-11-25(12-9-22)37-33(40)29-17-27-28(18-39(7)34(41)31(27)38-29)26-16-23(35(5,6)42)10-13-30(26)43-32-20(3)14-24(36)15-21(32)4/h8-19,27,31,38,42H,1-7H3,(H,37,40). The number of aliphatic hydroxyl groups is 1. The fourth-order valence-electron chi connectivity index (χ4n) is 5.58. The van der Waals surface area contributed by atoms with Gasteiger partial charge < -0.3 is 25.4 Å². The van der Waals surface area contributed by atoms with Crippen molar-refractivity contribution in [2.24, 2.45) is 5.92 Å². The first kappa shape index (κ1) is 30.0. The summed E-state index contributed by atoms with van der Waals surface area (Å²) in [4.78, 5) is 28.1. The molecule has 2 aliphatic rings. The maximum absolute atomic E-state index is 14.0. The number of benzene rings is 3. The number of rotatable bonds is 7. The van der Waals surface area contributed by atoms with Gasteiger partial charge in [-0.1, -0.05) is 32.0 Å². The summed E-state index contributed by atoms with van der Waals surface area (Å²) in [7, 11) is 1.67. The number of ether oxygens (including phenoxy) is 1. The number of fused-ring (bicyclic) bond motifs is 1. The van der Waals surface area contributed by atoms with Gasteiger partial charge in [0, 0.05) is 30.4 Å². The van der Waals surface area contributed by atoms with Crippen molar-refractivity contribution in [3.8, 4) is 11.5 Å². The molecule has 43 heavy (non-hydrogen) atoms. The highest BCUT2D eigenvalue weighted by molar-refractivity contribution is 6.06. The van der Waals surface area contributed by atoms with Gasteiger partial charge in [-0.3, -0.25) is 9.59 Å². The van der Waals surface area contributed by atoms with E-state index in [1.54, 1.807) is 59.2 Å². The molecule has 5 rings (SSSR count). The van der Waals surface area contributed by atoms with Crippen molar-refractivity contribution >= 4 is 23.1 Å². The van der Waals surface area contributed by atoms with E-state index in [0.717, 1.165) is 5.57 Å². The number of aryl methyl sites for hydroxylation is 2. The van der Waals surface area contributed by atoms with Gasteiger partial charge in [0.15, 0.2) is 0 Å². The third-order valence-corrected chi connectivity index (χ3v) is 8.04. The third kappa shape index (κ3) is 6.06. The lowest BCUT2D eigenvalue weighted by Crippen LogP contribution is -2.47. The lowest BCUT2D eigenvalue weighted by Gasteiger charge is -2.32. The van der Waals surface area contributed by atoms with E-state index >= 15 is 0 Å². The molecule has 2 atom stereocenters. The number of anilines is 1. The monoisotopic (exact) mass is 583 g/mol. The number of hydrogen-bond donors (Lipinski definition) is 3. The molecule has 2 heterocycles. The van der Waals surface area contributed by atoms with Gasteiger partial charge >= 0.3 is 0 Å². The van der Waals surface area contributed by atoms with E-state index < -0.39 is 17.6 Å². The van der Waals surface area contributed by atoms with Gasteiger partial charge in [-0.2, -0.15) is 0 Å². The Balaban J connectivity index is 1.54. The van der Waals surface area contributed by atoms with Crippen LogP contribution < -0.4 is 15.4 Å². The fourth-order valence-corrected chi connectivity index (χ4v) is 5.58. The van der Waals surface area contributed by atoms with E-state index in [2.05, 4.69) is 24.5 Å². The van der Waals surface area contributed by atoms with Crippen LogP contribution in [0.4, 0.5) is 10.1 Å². The smallest absolute Gasteiger partial charge is 0.271 e. The highest BCUT2D eigenvalue weighted by Crippen LogP contribution is 2.43. The minimum absolute atomic E-state index is 0.180. The fraction of sp³-hybridized carbons (Fsp3) is 0.314. The Labute approximate surface area is 252 Å². The Morgan fingerprint density at radius 3 is 2.33 bits per heavy atom. The molecule has 2 aliphatic heterocycles. The van der Waals surface area contributed by atoms with Crippen LogP contribution in [0, 0.1) is 25.6 Å². The van der Waals surface area contributed by atoms with Crippen LogP contribution in [0.15, 0.2) is 72.6 Å². The molecule has 0 fully saturated rings. The van der Waals surface area contributed by atoms with E-state index in [-0.39, 0.29) is 17.6 Å². The minimum atomic E-state index is -1.15. The van der Waals surface area contributed by atoms with Gasteiger partial charge in [0.25, 0.3) is 5.91 Å². The largest absolute Gasteiger partial charge is 0.456 e. The molecule has 0 saturated carbocycles. The van der Waals surface area contributed by atoms with Crippen molar-refractivity contribution in [1.29, 1.82) is 0 Å². The molecule has 0 spiro atoms. The first-order valence-electron chi connectivity index (χ1n) is 14.4.